The second-order valence-electron chi connectivity index (χ2n) is 5.15. The molecule has 0 saturated carbocycles. The van der Waals surface area contributed by atoms with Gasteiger partial charge >= 0.3 is 0 Å². The molecule has 1 aliphatic heterocycles. The largest absolute Gasteiger partial charge is 0.384 e. The van der Waals surface area contributed by atoms with Crippen LogP contribution in [0.4, 0.5) is 11.6 Å². The van der Waals surface area contributed by atoms with Crippen LogP contribution in [0.2, 0.25) is 0 Å². The Kier molecular flexibility index (Phi) is 5.32. The smallest absolute Gasteiger partial charge is 0.242 e. The van der Waals surface area contributed by atoms with Crippen LogP contribution in [-0.2, 0) is 16.1 Å². The predicted molar refractivity (Wildman–Crippen MR) is 80.9 cm³/mol. The van der Waals surface area contributed by atoms with E-state index in [9.17, 15) is 4.79 Å². The zero-order chi connectivity index (χ0) is 15.2. The molecular weight excluding hydrogens is 270 g/mol. The van der Waals surface area contributed by atoms with Crippen molar-refractivity contribution in [2.45, 2.75) is 26.4 Å². The standard InChI is InChI=1S/C14H23N5O2/c1-3-21-10-12-16-11(15)8-13(17-12)18(2)9-14(20)19-6-4-5-7-19/h8H,3-7,9-10H2,1-2H3,(H2,15,16,17). The summed E-state index contributed by atoms with van der Waals surface area (Å²) in [6.45, 7) is 4.83. The molecule has 1 aromatic heterocycles. The van der Waals surface area contributed by atoms with Gasteiger partial charge < -0.3 is 20.3 Å². The Bertz CT molecular complexity index is 488. The van der Waals surface area contributed by atoms with Gasteiger partial charge in [0.15, 0.2) is 5.82 Å². The zero-order valence-corrected chi connectivity index (χ0v) is 12.7. The summed E-state index contributed by atoms with van der Waals surface area (Å²) >= 11 is 0. The first-order chi connectivity index (χ1) is 10.1. The van der Waals surface area contributed by atoms with Crippen LogP contribution in [0.25, 0.3) is 0 Å². The molecular formula is C14H23N5O2. The number of nitrogens with two attached hydrogens (primary N) is 1. The van der Waals surface area contributed by atoms with Crippen LogP contribution < -0.4 is 10.6 Å². The van der Waals surface area contributed by atoms with Crippen molar-refractivity contribution in [3.63, 3.8) is 0 Å². The van der Waals surface area contributed by atoms with E-state index in [4.69, 9.17) is 10.5 Å². The van der Waals surface area contributed by atoms with E-state index in [-0.39, 0.29) is 5.91 Å². The average molecular weight is 293 g/mol. The van der Waals surface area contributed by atoms with Gasteiger partial charge in [-0.15, -0.1) is 0 Å². The van der Waals surface area contributed by atoms with Crippen LogP contribution >= 0.6 is 0 Å². The van der Waals surface area contributed by atoms with Gasteiger partial charge in [0.1, 0.15) is 18.2 Å². The van der Waals surface area contributed by atoms with E-state index < -0.39 is 0 Å². The van der Waals surface area contributed by atoms with Gasteiger partial charge in [-0.25, -0.2) is 9.97 Å². The van der Waals surface area contributed by atoms with Crippen molar-refractivity contribution >= 4 is 17.5 Å². The van der Waals surface area contributed by atoms with Crippen LogP contribution in [0.5, 0.6) is 0 Å². The molecule has 7 nitrogen and oxygen atoms in total. The van der Waals surface area contributed by atoms with Crippen molar-refractivity contribution in [1.29, 1.82) is 0 Å². The topological polar surface area (TPSA) is 84.6 Å². The lowest BCUT2D eigenvalue weighted by Crippen LogP contribution is -2.37. The zero-order valence-electron chi connectivity index (χ0n) is 12.7. The van der Waals surface area contributed by atoms with Gasteiger partial charge in [0.05, 0.1) is 6.54 Å². The number of ether oxygens (including phenoxy) is 1. The summed E-state index contributed by atoms with van der Waals surface area (Å²) in [6.07, 6.45) is 2.18. The van der Waals surface area contributed by atoms with E-state index in [1.165, 1.54) is 0 Å². The van der Waals surface area contributed by atoms with Gasteiger partial charge in [-0.2, -0.15) is 0 Å². The summed E-state index contributed by atoms with van der Waals surface area (Å²) < 4.78 is 5.30. The number of nitrogens with zero attached hydrogens (tertiary/aromatic N) is 4. The lowest BCUT2D eigenvalue weighted by Gasteiger charge is -2.22. The average Bonchev–Trinajstić information content (AvgIpc) is 2.98. The molecule has 1 amide bonds. The quantitative estimate of drug-likeness (QED) is 0.829. The van der Waals surface area contributed by atoms with E-state index in [1.807, 2.05) is 18.9 Å². The summed E-state index contributed by atoms with van der Waals surface area (Å²) in [5, 5.41) is 0. The molecule has 0 unspecified atom stereocenters. The molecule has 0 spiro atoms. The third kappa shape index (κ3) is 4.29. The summed E-state index contributed by atoms with van der Waals surface area (Å²) in [6, 6.07) is 1.67. The molecule has 21 heavy (non-hydrogen) atoms. The molecule has 7 heteroatoms. The lowest BCUT2D eigenvalue weighted by molar-refractivity contribution is -0.128. The van der Waals surface area contributed by atoms with Crippen molar-refractivity contribution in [2.75, 3.05) is 43.9 Å². The number of carbonyl (C=O) groups is 1. The molecule has 1 saturated heterocycles. The number of nitrogen functional groups attached to an aromatic ring is 1. The number of amides is 1. The number of hydrogen-bond acceptors (Lipinski definition) is 6. The molecule has 2 rings (SSSR count). The molecule has 116 valence electrons. The lowest BCUT2D eigenvalue weighted by atomic mass is 10.4. The van der Waals surface area contributed by atoms with Crippen LogP contribution in [0.15, 0.2) is 6.07 Å². The maximum atomic E-state index is 12.2. The molecule has 1 aromatic rings. The van der Waals surface area contributed by atoms with Gasteiger partial charge in [-0.3, -0.25) is 4.79 Å². The second-order valence-corrected chi connectivity index (χ2v) is 5.15. The summed E-state index contributed by atoms with van der Waals surface area (Å²) in [5.74, 6) is 1.69. The Morgan fingerprint density at radius 3 is 2.81 bits per heavy atom. The van der Waals surface area contributed by atoms with Crippen LogP contribution in [0, 0.1) is 0 Å². The van der Waals surface area contributed by atoms with E-state index >= 15 is 0 Å². The van der Waals surface area contributed by atoms with Crippen LogP contribution in [0.3, 0.4) is 0 Å². The Hall–Kier alpha value is -1.89. The van der Waals surface area contributed by atoms with Crippen molar-refractivity contribution in [2.24, 2.45) is 0 Å². The summed E-state index contributed by atoms with van der Waals surface area (Å²) in [5.41, 5.74) is 5.79. The van der Waals surface area contributed by atoms with Crippen molar-refractivity contribution in [3.05, 3.63) is 11.9 Å². The maximum Gasteiger partial charge on any atom is 0.242 e. The third-order valence-electron chi connectivity index (χ3n) is 3.44. The van der Waals surface area contributed by atoms with E-state index in [0.717, 1.165) is 25.9 Å². The Balaban J connectivity index is 2.01. The number of anilines is 2. The molecule has 2 N–H and O–H groups in total. The minimum Gasteiger partial charge on any atom is -0.384 e. The number of rotatable bonds is 6. The molecule has 0 aromatic carbocycles. The van der Waals surface area contributed by atoms with Crippen LogP contribution in [0.1, 0.15) is 25.6 Å². The number of aromatic nitrogens is 2. The van der Waals surface area contributed by atoms with Gasteiger partial charge in [-0.05, 0) is 19.8 Å². The number of likely N-dealkylation sites (tertiary alicyclic amines) is 1. The molecule has 0 atom stereocenters. The number of likely N-dealkylation sites (N-methyl/N-ethyl adjacent to an activating group) is 1. The highest BCUT2D eigenvalue weighted by atomic mass is 16.5. The number of carbonyl (C=O) groups excluding carboxylic acids is 1. The van der Waals surface area contributed by atoms with Crippen LogP contribution in [-0.4, -0.2) is 54.1 Å². The van der Waals surface area contributed by atoms with Gasteiger partial charge in [-0.1, -0.05) is 0 Å². The SMILES string of the molecule is CCOCc1nc(N)cc(N(C)CC(=O)N2CCCC2)n1. The fourth-order valence-electron chi connectivity index (χ4n) is 2.31. The first-order valence-corrected chi connectivity index (χ1v) is 7.30. The third-order valence-corrected chi connectivity index (χ3v) is 3.44. The first-order valence-electron chi connectivity index (χ1n) is 7.30. The molecule has 0 radical (unpaired) electrons. The van der Waals surface area contributed by atoms with Gasteiger partial charge in [0.2, 0.25) is 5.91 Å². The van der Waals surface area contributed by atoms with E-state index in [0.29, 0.717) is 37.2 Å². The number of hydrogen-bond donors (Lipinski definition) is 1. The Morgan fingerprint density at radius 2 is 2.14 bits per heavy atom. The van der Waals surface area contributed by atoms with Gasteiger partial charge in [0, 0.05) is 32.8 Å². The first kappa shape index (κ1) is 15.5. The summed E-state index contributed by atoms with van der Waals surface area (Å²) in [4.78, 5) is 24.4. The van der Waals surface area contributed by atoms with Gasteiger partial charge in [0.25, 0.3) is 0 Å². The fraction of sp³-hybridized carbons (Fsp3) is 0.643. The molecule has 2 heterocycles. The normalized spacial score (nSPS) is 14.5. The van der Waals surface area contributed by atoms with E-state index in [1.54, 1.807) is 11.0 Å². The molecule has 1 fully saturated rings. The fourth-order valence-corrected chi connectivity index (χ4v) is 2.31. The Labute approximate surface area is 125 Å². The Morgan fingerprint density at radius 1 is 1.43 bits per heavy atom. The van der Waals surface area contributed by atoms with Crippen molar-refractivity contribution < 1.29 is 9.53 Å². The minimum atomic E-state index is 0.124. The molecule has 0 bridgehead atoms. The maximum absolute atomic E-state index is 12.2. The van der Waals surface area contributed by atoms with E-state index in [2.05, 4.69) is 9.97 Å². The highest BCUT2D eigenvalue weighted by Gasteiger charge is 2.20. The molecule has 0 aliphatic carbocycles. The molecule has 1 aliphatic rings. The predicted octanol–water partition coefficient (Wildman–Crippen LogP) is 0.654. The highest BCUT2D eigenvalue weighted by molar-refractivity contribution is 5.81. The van der Waals surface area contributed by atoms with Crippen molar-refractivity contribution in [3.8, 4) is 0 Å². The second kappa shape index (κ2) is 7.21. The van der Waals surface area contributed by atoms with Crippen molar-refractivity contribution in [1.82, 2.24) is 14.9 Å². The summed E-state index contributed by atoms with van der Waals surface area (Å²) in [7, 11) is 1.83. The monoisotopic (exact) mass is 293 g/mol. The highest BCUT2D eigenvalue weighted by Crippen LogP contribution is 2.14. The minimum absolute atomic E-state index is 0.124.